The largest absolute Gasteiger partial charge is 0.338 e. The van der Waals surface area contributed by atoms with Crippen molar-refractivity contribution in [2.24, 2.45) is 0 Å². The molecule has 0 saturated carbocycles. The lowest BCUT2D eigenvalue weighted by Gasteiger charge is -2.45. The zero-order valence-electron chi connectivity index (χ0n) is 12.2. The van der Waals surface area contributed by atoms with Crippen molar-refractivity contribution < 1.29 is 4.79 Å². The van der Waals surface area contributed by atoms with Crippen molar-refractivity contribution in [1.29, 1.82) is 0 Å². The molecule has 0 aromatic carbocycles. The molecule has 3 atom stereocenters. The van der Waals surface area contributed by atoms with Crippen molar-refractivity contribution in [3.05, 3.63) is 0 Å². The van der Waals surface area contributed by atoms with Gasteiger partial charge in [0.25, 0.3) is 0 Å². The molecule has 1 N–H and O–H groups in total. The second kappa shape index (κ2) is 5.17. The number of hydrogen-bond donors (Lipinski definition) is 1. The highest BCUT2D eigenvalue weighted by Gasteiger charge is 2.43. The molecule has 0 spiro atoms. The van der Waals surface area contributed by atoms with Crippen LogP contribution in [-0.4, -0.2) is 60.0 Å². The number of nitrogens with zero attached hydrogens (tertiary/aromatic N) is 2. The number of carbonyl (C=O) groups is 1. The molecule has 4 nitrogen and oxygen atoms in total. The molecule has 2 saturated heterocycles. The Bertz CT molecular complexity index is 300. The number of carbonyl (C=O) groups excluding carboxylic acids is 1. The van der Waals surface area contributed by atoms with Crippen LogP contribution in [-0.2, 0) is 4.79 Å². The normalized spacial score (nSPS) is 38.1. The molecule has 2 aliphatic rings. The van der Waals surface area contributed by atoms with Crippen LogP contribution in [0.3, 0.4) is 0 Å². The molecule has 2 heterocycles. The van der Waals surface area contributed by atoms with Crippen LogP contribution in [0.5, 0.6) is 0 Å². The molecule has 2 rings (SSSR count). The molecule has 18 heavy (non-hydrogen) atoms. The SMILES string of the molecule is CCC1(C(=O)N2CC(C)N(C)C(C)C2)CCCN1. The Labute approximate surface area is 111 Å². The van der Waals surface area contributed by atoms with Crippen LogP contribution in [0.2, 0.25) is 0 Å². The molecule has 1 amide bonds. The summed E-state index contributed by atoms with van der Waals surface area (Å²) in [4.78, 5) is 17.2. The van der Waals surface area contributed by atoms with Crippen molar-refractivity contribution >= 4 is 5.91 Å². The lowest BCUT2D eigenvalue weighted by Crippen LogP contribution is -2.62. The molecule has 2 fully saturated rings. The lowest BCUT2D eigenvalue weighted by atomic mass is 9.91. The first-order valence-corrected chi connectivity index (χ1v) is 7.26. The summed E-state index contributed by atoms with van der Waals surface area (Å²) in [7, 11) is 2.15. The van der Waals surface area contributed by atoms with Gasteiger partial charge < -0.3 is 10.2 Å². The summed E-state index contributed by atoms with van der Waals surface area (Å²) in [5.41, 5.74) is -0.269. The van der Waals surface area contributed by atoms with E-state index in [1.807, 2.05) is 0 Å². The van der Waals surface area contributed by atoms with Gasteiger partial charge in [0.1, 0.15) is 0 Å². The van der Waals surface area contributed by atoms with Crippen LogP contribution in [0.15, 0.2) is 0 Å². The van der Waals surface area contributed by atoms with Crippen molar-refractivity contribution in [3.8, 4) is 0 Å². The molecule has 0 aromatic rings. The van der Waals surface area contributed by atoms with Crippen LogP contribution in [0.4, 0.5) is 0 Å². The minimum absolute atomic E-state index is 0.269. The molecule has 0 aromatic heterocycles. The predicted molar refractivity (Wildman–Crippen MR) is 73.5 cm³/mol. The van der Waals surface area contributed by atoms with Gasteiger partial charge in [-0.1, -0.05) is 6.92 Å². The Morgan fingerprint density at radius 2 is 1.94 bits per heavy atom. The Hall–Kier alpha value is -0.610. The maximum Gasteiger partial charge on any atom is 0.242 e. The van der Waals surface area contributed by atoms with Crippen LogP contribution < -0.4 is 5.32 Å². The molecule has 2 aliphatic heterocycles. The monoisotopic (exact) mass is 253 g/mol. The van der Waals surface area contributed by atoms with Gasteiger partial charge in [-0.05, 0) is 46.7 Å². The average Bonchev–Trinajstić information content (AvgIpc) is 2.84. The minimum atomic E-state index is -0.269. The van der Waals surface area contributed by atoms with Gasteiger partial charge in [-0.2, -0.15) is 0 Å². The summed E-state index contributed by atoms with van der Waals surface area (Å²) in [6.07, 6.45) is 3.02. The highest BCUT2D eigenvalue weighted by Crippen LogP contribution is 2.27. The lowest BCUT2D eigenvalue weighted by molar-refractivity contribution is -0.142. The summed E-state index contributed by atoms with van der Waals surface area (Å²) < 4.78 is 0. The first-order chi connectivity index (χ1) is 8.50. The van der Waals surface area contributed by atoms with Gasteiger partial charge >= 0.3 is 0 Å². The van der Waals surface area contributed by atoms with E-state index >= 15 is 0 Å². The van der Waals surface area contributed by atoms with Crippen LogP contribution in [0, 0.1) is 0 Å². The number of hydrogen-bond acceptors (Lipinski definition) is 3. The molecular weight excluding hydrogens is 226 g/mol. The first-order valence-electron chi connectivity index (χ1n) is 7.26. The molecule has 4 heteroatoms. The van der Waals surface area contributed by atoms with Gasteiger partial charge in [-0.15, -0.1) is 0 Å². The van der Waals surface area contributed by atoms with Gasteiger partial charge in [0.2, 0.25) is 5.91 Å². The Morgan fingerprint density at radius 3 is 2.39 bits per heavy atom. The van der Waals surface area contributed by atoms with Gasteiger partial charge in [0.15, 0.2) is 0 Å². The van der Waals surface area contributed by atoms with E-state index in [1.165, 1.54) is 0 Å². The number of rotatable bonds is 2. The van der Waals surface area contributed by atoms with Crippen molar-refractivity contribution in [1.82, 2.24) is 15.1 Å². The Balaban J connectivity index is 2.09. The fourth-order valence-electron chi connectivity index (χ4n) is 3.31. The van der Waals surface area contributed by atoms with E-state index in [-0.39, 0.29) is 5.54 Å². The maximum atomic E-state index is 12.8. The molecule has 104 valence electrons. The smallest absolute Gasteiger partial charge is 0.242 e. The average molecular weight is 253 g/mol. The number of piperazine rings is 1. The van der Waals surface area contributed by atoms with Gasteiger partial charge in [0, 0.05) is 25.2 Å². The first kappa shape index (κ1) is 13.8. The van der Waals surface area contributed by atoms with E-state index in [4.69, 9.17) is 0 Å². The van der Waals surface area contributed by atoms with E-state index in [0.717, 1.165) is 38.9 Å². The summed E-state index contributed by atoms with van der Waals surface area (Å²) in [6, 6.07) is 0.904. The number of nitrogens with one attached hydrogen (secondary N) is 1. The highest BCUT2D eigenvalue weighted by molar-refractivity contribution is 5.87. The number of likely N-dealkylation sites (N-methyl/N-ethyl adjacent to an activating group) is 1. The second-order valence-electron chi connectivity index (χ2n) is 6.04. The van der Waals surface area contributed by atoms with Gasteiger partial charge in [-0.25, -0.2) is 0 Å². The third-order valence-electron chi connectivity index (χ3n) is 4.90. The quantitative estimate of drug-likeness (QED) is 0.799. The fourth-order valence-corrected chi connectivity index (χ4v) is 3.31. The van der Waals surface area contributed by atoms with Crippen LogP contribution in [0.1, 0.15) is 40.0 Å². The summed E-state index contributed by atoms with van der Waals surface area (Å²) in [5, 5.41) is 3.45. The highest BCUT2D eigenvalue weighted by atomic mass is 16.2. The van der Waals surface area contributed by atoms with Crippen molar-refractivity contribution in [3.63, 3.8) is 0 Å². The molecule has 3 unspecified atom stereocenters. The van der Waals surface area contributed by atoms with Crippen LogP contribution >= 0.6 is 0 Å². The molecule has 0 bridgehead atoms. The third kappa shape index (κ3) is 2.28. The van der Waals surface area contributed by atoms with E-state index in [0.29, 0.717) is 18.0 Å². The fraction of sp³-hybridized carbons (Fsp3) is 0.929. The maximum absolute atomic E-state index is 12.8. The topological polar surface area (TPSA) is 35.6 Å². The third-order valence-corrected chi connectivity index (χ3v) is 4.90. The predicted octanol–water partition coefficient (Wildman–Crippen LogP) is 1.07. The summed E-state index contributed by atoms with van der Waals surface area (Å²) in [5.74, 6) is 0.328. The minimum Gasteiger partial charge on any atom is -0.338 e. The van der Waals surface area contributed by atoms with E-state index in [2.05, 4.69) is 42.9 Å². The van der Waals surface area contributed by atoms with E-state index < -0.39 is 0 Å². The summed E-state index contributed by atoms with van der Waals surface area (Å²) in [6.45, 7) is 9.25. The van der Waals surface area contributed by atoms with Gasteiger partial charge in [-0.3, -0.25) is 9.69 Å². The summed E-state index contributed by atoms with van der Waals surface area (Å²) >= 11 is 0. The molecule has 0 radical (unpaired) electrons. The van der Waals surface area contributed by atoms with Crippen LogP contribution in [0.25, 0.3) is 0 Å². The van der Waals surface area contributed by atoms with E-state index in [1.54, 1.807) is 0 Å². The number of amides is 1. The zero-order valence-corrected chi connectivity index (χ0v) is 12.2. The van der Waals surface area contributed by atoms with Gasteiger partial charge in [0.05, 0.1) is 5.54 Å². The van der Waals surface area contributed by atoms with E-state index in [9.17, 15) is 4.79 Å². The molecular formula is C14H27N3O. The molecule has 0 aliphatic carbocycles. The Morgan fingerprint density at radius 1 is 1.33 bits per heavy atom. The standard InChI is InChI=1S/C14H27N3O/c1-5-14(7-6-8-15-14)13(18)17-9-11(2)16(4)12(3)10-17/h11-12,15H,5-10H2,1-4H3. The van der Waals surface area contributed by atoms with Crippen molar-refractivity contribution in [2.75, 3.05) is 26.7 Å². The second-order valence-corrected chi connectivity index (χ2v) is 6.04. The Kier molecular flexibility index (Phi) is 3.97. The van der Waals surface area contributed by atoms with Crippen molar-refractivity contribution in [2.45, 2.75) is 57.7 Å². The zero-order chi connectivity index (χ0) is 13.3.